The number of hydrogen-bond acceptors (Lipinski definition) is 6. The predicted molar refractivity (Wildman–Crippen MR) is 90.0 cm³/mol. The van der Waals surface area contributed by atoms with E-state index in [9.17, 15) is 14.4 Å². The van der Waals surface area contributed by atoms with Gasteiger partial charge in [0.15, 0.2) is 0 Å². The van der Waals surface area contributed by atoms with E-state index in [2.05, 4.69) is 5.10 Å². The minimum atomic E-state index is -1.06. The highest BCUT2D eigenvalue weighted by molar-refractivity contribution is 5.79. The molecular weight excluding hydrogens is 328 g/mol. The molecule has 2 fully saturated rings. The van der Waals surface area contributed by atoms with Gasteiger partial charge in [-0.1, -0.05) is 6.42 Å². The summed E-state index contributed by atoms with van der Waals surface area (Å²) in [6, 6.07) is 0. The number of nitrogens with two attached hydrogens (primary N) is 1. The Kier molecular flexibility index (Phi) is 6.60. The van der Waals surface area contributed by atoms with Crippen molar-refractivity contribution in [2.24, 2.45) is 10.9 Å². The summed E-state index contributed by atoms with van der Waals surface area (Å²) in [6.45, 7) is 1.00. The van der Waals surface area contributed by atoms with Crippen LogP contribution in [0.15, 0.2) is 5.10 Å². The summed E-state index contributed by atoms with van der Waals surface area (Å²) in [5.41, 5.74) is -0.648. The van der Waals surface area contributed by atoms with Gasteiger partial charge in [0.05, 0.1) is 6.54 Å². The first-order valence-corrected chi connectivity index (χ1v) is 8.65. The lowest BCUT2D eigenvalue weighted by Crippen LogP contribution is -2.48. The number of carboxylic acids is 1. The average molecular weight is 354 g/mol. The number of hydrogen-bond donors (Lipinski definition) is 2. The van der Waals surface area contributed by atoms with Gasteiger partial charge < -0.3 is 20.6 Å². The highest BCUT2D eigenvalue weighted by Gasteiger charge is 2.47. The molecule has 2 aliphatic heterocycles. The van der Waals surface area contributed by atoms with Gasteiger partial charge in [-0.2, -0.15) is 5.10 Å². The standard InChI is InChI=1S/C16H26N4O5/c17-18-8-4-2-1-3-5-13(21)19-9-6-16(7-10-19)12-20(11-14(22)23)15(24)25-16/h8H,1-7,9-12,17H2,(H,22,23). The summed E-state index contributed by atoms with van der Waals surface area (Å²) >= 11 is 0. The number of carbonyl (C=O) groups is 3. The molecule has 0 unspecified atom stereocenters. The average Bonchev–Trinajstić information content (AvgIpc) is 2.85. The van der Waals surface area contributed by atoms with Crippen LogP contribution in [0, 0.1) is 0 Å². The molecule has 9 heteroatoms. The number of aliphatic carboxylic acids is 1. The maximum atomic E-state index is 12.2. The molecule has 0 bridgehead atoms. The maximum Gasteiger partial charge on any atom is 0.411 e. The Morgan fingerprint density at radius 3 is 2.64 bits per heavy atom. The first kappa shape index (κ1) is 19.0. The van der Waals surface area contributed by atoms with Crippen LogP contribution in [0.5, 0.6) is 0 Å². The topological polar surface area (TPSA) is 126 Å². The second-order valence-corrected chi connectivity index (χ2v) is 6.61. The Balaban J connectivity index is 1.71. The maximum absolute atomic E-state index is 12.2. The third kappa shape index (κ3) is 5.33. The summed E-state index contributed by atoms with van der Waals surface area (Å²) in [6.07, 6.45) is 6.28. The molecule has 2 heterocycles. The van der Waals surface area contributed by atoms with Crippen LogP contribution in [-0.2, 0) is 14.3 Å². The van der Waals surface area contributed by atoms with E-state index in [1.54, 1.807) is 11.1 Å². The van der Waals surface area contributed by atoms with Crippen molar-refractivity contribution in [3.8, 4) is 0 Å². The second-order valence-electron chi connectivity index (χ2n) is 6.61. The van der Waals surface area contributed by atoms with Crippen molar-refractivity contribution in [2.75, 3.05) is 26.2 Å². The van der Waals surface area contributed by atoms with Gasteiger partial charge in [0, 0.05) is 38.6 Å². The third-order valence-electron chi connectivity index (χ3n) is 4.72. The summed E-state index contributed by atoms with van der Waals surface area (Å²) in [7, 11) is 0. The zero-order chi connectivity index (χ0) is 18.3. The molecule has 2 saturated heterocycles. The Hall–Kier alpha value is -2.32. The van der Waals surface area contributed by atoms with Gasteiger partial charge >= 0.3 is 12.1 Å². The van der Waals surface area contributed by atoms with E-state index in [1.165, 1.54) is 4.90 Å². The fraction of sp³-hybridized carbons (Fsp3) is 0.750. The van der Waals surface area contributed by atoms with Crippen molar-refractivity contribution in [1.29, 1.82) is 0 Å². The molecule has 3 N–H and O–H groups in total. The van der Waals surface area contributed by atoms with Gasteiger partial charge in [-0.05, 0) is 19.3 Å². The van der Waals surface area contributed by atoms with Crippen LogP contribution in [0.2, 0.25) is 0 Å². The van der Waals surface area contributed by atoms with Gasteiger partial charge in [-0.15, -0.1) is 0 Å². The van der Waals surface area contributed by atoms with E-state index in [1.807, 2.05) is 0 Å². The summed E-state index contributed by atoms with van der Waals surface area (Å²) < 4.78 is 5.43. The molecule has 2 amide bonds. The van der Waals surface area contributed by atoms with Crippen LogP contribution in [-0.4, -0.2) is 70.9 Å². The number of piperidine rings is 1. The van der Waals surface area contributed by atoms with Crippen LogP contribution in [0.1, 0.15) is 44.9 Å². The quantitative estimate of drug-likeness (QED) is 0.287. The number of amides is 2. The number of nitrogens with zero attached hydrogens (tertiary/aromatic N) is 3. The molecule has 1 spiro atoms. The lowest BCUT2D eigenvalue weighted by atomic mass is 9.91. The first-order valence-electron chi connectivity index (χ1n) is 8.65. The monoisotopic (exact) mass is 354 g/mol. The molecule has 2 aliphatic rings. The van der Waals surface area contributed by atoms with Crippen molar-refractivity contribution in [3.63, 3.8) is 0 Å². The fourth-order valence-corrected chi connectivity index (χ4v) is 3.32. The molecule has 0 radical (unpaired) electrons. The number of ether oxygens (including phenoxy) is 1. The fourth-order valence-electron chi connectivity index (χ4n) is 3.32. The highest BCUT2D eigenvalue weighted by Crippen LogP contribution is 2.33. The van der Waals surface area contributed by atoms with Crippen LogP contribution < -0.4 is 5.84 Å². The van der Waals surface area contributed by atoms with Crippen LogP contribution in [0.3, 0.4) is 0 Å². The van der Waals surface area contributed by atoms with E-state index in [0.717, 1.165) is 25.7 Å². The van der Waals surface area contributed by atoms with Crippen molar-refractivity contribution in [3.05, 3.63) is 0 Å². The third-order valence-corrected chi connectivity index (χ3v) is 4.72. The summed E-state index contributed by atoms with van der Waals surface area (Å²) in [4.78, 5) is 37.8. The van der Waals surface area contributed by atoms with E-state index >= 15 is 0 Å². The second kappa shape index (κ2) is 8.68. The number of hydrazone groups is 1. The Bertz CT molecular complexity index is 529. The number of likely N-dealkylation sites (tertiary alicyclic amines) is 1. The van der Waals surface area contributed by atoms with Crippen molar-refractivity contribution in [1.82, 2.24) is 9.80 Å². The first-order chi connectivity index (χ1) is 12.0. The van der Waals surface area contributed by atoms with Crippen molar-refractivity contribution >= 4 is 24.2 Å². The smallest absolute Gasteiger partial charge is 0.411 e. The number of unbranched alkanes of at least 4 members (excludes halogenated alkanes) is 3. The summed E-state index contributed by atoms with van der Waals surface area (Å²) in [5.74, 6) is 4.09. The molecule has 0 aromatic heterocycles. The number of rotatable bonds is 8. The molecule has 140 valence electrons. The zero-order valence-electron chi connectivity index (χ0n) is 14.4. The Morgan fingerprint density at radius 1 is 1.28 bits per heavy atom. The molecule has 0 aromatic rings. The Morgan fingerprint density at radius 2 is 2.00 bits per heavy atom. The van der Waals surface area contributed by atoms with Gasteiger partial charge in [0.25, 0.3) is 0 Å². The molecule has 0 aliphatic carbocycles. The zero-order valence-corrected chi connectivity index (χ0v) is 14.4. The SMILES string of the molecule is NN=CCCCCCC(=O)N1CCC2(CC1)CN(CC(=O)O)C(=O)O2. The normalized spacial score (nSPS) is 19.6. The molecule has 9 nitrogen and oxygen atoms in total. The van der Waals surface area contributed by atoms with Crippen LogP contribution >= 0.6 is 0 Å². The van der Waals surface area contributed by atoms with Gasteiger partial charge in [0.2, 0.25) is 5.91 Å². The van der Waals surface area contributed by atoms with Crippen LogP contribution in [0.25, 0.3) is 0 Å². The summed E-state index contributed by atoms with van der Waals surface area (Å²) in [5, 5.41) is 12.3. The molecule has 2 rings (SSSR count). The van der Waals surface area contributed by atoms with E-state index in [0.29, 0.717) is 32.4 Å². The van der Waals surface area contributed by atoms with Crippen molar-refractivity contribution < 1.29 is 24.2 Å². The highest BCUT2D eigenvalue weighted by atomic mass is 16.6. The van der Waals surface area contributed by atoms with E-state index in [-0.39, 0.29) is 19.0 Å². The molecule has 0 atom stereocenters. The minimum absolute atomic E-state index is 0.119. The lowest BCUT2D eigenvalue weighted by Gasteiger charge is -2.37. The van der Waals surface area contributed by atoms with Gasteiger partial charge in [-0.3, -0.25) is 14.5 Å². The van der Waals surface area contributed by atoms with E-state index < -0.39 is 17.7 Å². The van der Waals surface area contributed by atoms with Gasteiger partial charge in [-0.25, -0.2) is 4.79 Å². The molecule has 0 aromatic carbocycles. The minimum Gasteiger partial charge on any atom is -0.480 e. The molecular formula is C16H26N4O5. The Labute approximate surface area is 146 Å². The largest absolute Gasteiger partial charge is 0.480 e. The molecule has 25 heavy (non-hydrogen) atoms. The van der Waals surface area contributed by atoms with Crippen molar-refractivity contribution in [2.45, 2.75) is 50.5 Å². The van der Waals surface area contributed by atoms with Gasteiger partial charge in [0.1, 0.15) is 12.1 Å². The van der Waals surface area contributed by atoms with Crippen LogP contribution in [0.4, 0.5) is 4.79 Å². The lowest BCUT2D eigenvalue weighted by molar-refractivity contribution is -0.137. The predicted octanol–water partition coefficient (Wildman–Crippen LogP) is 0.779. The number of carbonyl (C=O) groups excluding carboxylic acids is 2. The molecule has 0 saturated carbocycles. The number of carboxylic acid groups (broad SMARTS) is 1. The van der Waals surface area contributed by atoms with E-state index in [4.69, 9.17) is 15.7 Å².